The van der Waals surface area contributed by atoms with Crippen LogP contribution < -0.4 is 5.56 Å². The second kappa shape index (κ2) is 5.42. The van der Waals surface area contributed by atoms with Crippen LogP contribution in [0, 0.1) is 0 Å². The molecule has 0 aliphatic heterocycles. The molecular formula is C14H12N2O3S2. The Morgan fingerprint density at radius 1 is 1.43 bits per heavy atom. The van der Waals surface area contributed by atoms with Crippen molar-refractivity contribution in [3.05, 3.63) is 39.1 Å². The van der Waals surface area contributed by atoms with Gasteiger partial charge >= 0.3 is 5.97 Å². The lowest BCUT2D eigenvalue weighted by atomic mass is 10.2. The van der Waals surface area contributed by atoms with E-state index in [4.69, 9.17) is 4.74 Å². The number of hydrogen-bond donors (Lipinski definition) is 1. The number of aromatic nitrogens is 2. The van der Waals surface area contributed by atoms with E-state index < -0.39 is 12.1 Å². The molecule has 1 N–H and O–H groups in total. The Morgan fingerprint density at radius 3 is 2.90 bits per heavy atom. The fraction of sp³-hybridized carbons (Fsp3) is 0.214. The summed E-state index contributed by atoms with van der Waals surface area (Å²) in [6.45, 7) is 3.01. The molecule has 0 unspecified atom stereocenters. The molecule has 3 heterocycles. The van der Waals surface area contributed by atoms with Crippen molar-refractivity contribution in [1.82, 2.24) is 9.97 Å². The number of esters is 1. The number of carbonyl (C=O) groups is 1. The maximum atomic E-state index is 12.3. The van der Waals surface area contributed by atoms with Crippen molar-refractivity contribution in [1.29, 1.82) is 0 Å². The summed E-state index contributed by atoms with van der Waals surface area (Å²) < 4.78 is 5.05. The van der Waals surface area contributed by atoms with Crippen LogP contribution in [0.1, 0.15) is 25.8 Å². The number of hydrogen-bond acceptors (Lipinski definition) is 6. The second-order valence-corrected chi connectivity index (χ2v) is 6.32. The lowest BCUT2D eigenvalue weighted by Crippen LogP contribution is -2.16. The highest BCUT2D eigenvalue weighted by Crippen LogP contribution is 2.33. The smallest absolute Gasteiger partial charge is 0.303 e. The van der Waals surface area contributed by atoms with E-state index in [1.54, 1.807) is 18.3 Å². The maximum Gasteiger partial charge on any atom is 0.303 e. The highest BCUT2D eigenvalue weighted by molar-refractivity contribution is 7.18. The van der Waals surface area contributed by atoms with Crippen molar-refractivity contribution in [2.24, 2.45) is 0 Å². The molecule has 0 radical (unpaired) electrons. The Kier molecular flexibility index (Phi) is 3.60. The number of aromatic amines is 1. The largest absolute Gasteiger partial charge is 0.455 e. The van der Waals surface area contributed by atoms with Gasteiger partial charge in [-0.05, 0) is 18.4 Å². The van der Waals surface area contributed by atoms with E-state index in [-0.39, 0.29) is 5.56 Å². The summed E-state index contributed by atoms with van der Waals surface area (Å²) in [5.41, 5.74) is 0.684. The van der Waals surface area contributed by atoms with Gasteiger partial charge in [-0.15, -0.1) is 22.7 Å². The molecule has 21 heavy (non-hydrogen) atoms. The van der Waals surface area contributed by atoms with E-state index in [1.807, 2.05) is 22.9 Å². The van der Waals surface area contributed by atoms with Crippen molar-refractivity contribution >= 4 is 38.9 Å². The zero-order valence-corrected chi connectivity index (χ0v) is 13.0. The van der Waals surface area contributed by atoms with E-state index in [9.17, 15) is 9.59 Å². The first kappa shape index (κ1) is 14.0. The number of H-pyrrole nitrogens is 1. The number of fused-ring (bicyclic) bond motifs is 1. The maximum absolute atomic E-state index is 12.3. The van der Waals surface area contributed by atoms with Gasteiger partial charge in [-0.25, -0.2) is 4.98 Å². The SMILES string of the molecule is CC(=O)O[C@@H](C)c1nc2scc(-c3cccs3)c2c(=O)[nH]1. The summed E-state index contributed by atoms with van der Waals surface area (Å²) >= 11 is 2.99. The van der Waals surface area contributed by atoms with Gasteiger partial charge in [0.05, 0.1) is 5.39 Å². The Balaban J connectivity index is 2.11. The van der Waals surface area contributed by atoms with Gasteiger partial charge in [-0.3, -0.25) is 9.59 Å². The summed E-state index contributed by atoms with van der Waals surface area (Å²) in [7, 11) is 0. The fourth-order valence-electron chi connectivity index (χ4n) is 2.08. The molecule has 0 aliphatic carbocycles. The summed E-state index contributed by atoms with van der Waals surface area (Å²) in [4.78, 5) is 32.1. The minimum atomic E-state index is -0.577. The molecule has 0 aliphatic rings. The van der Waals surface area contributed by atoms with Crippen LogP contribution >= 0.6 is 22.7 Å². The number of thiophene rings is 2. The summed E-state index contributed by atoms with van der Waals surface area (Å²) in [6, 6.07) is 3.92. The molecule has 0 saturated carbocycles. The minimum absolute atomic E-state index is 0.210. The quantitative estimate of drug-likeness (QED) is 0.751. The van der Waals surface area contributed by atoms with E-state index in [2.05, 4.69) is 9.97 Å². The monoisotopic (exact) mass is 320 g/mol. The molecule has 0 amide bonds. The molecule has 0 saturated heterocycles. The number of rotatable bonds is 3. The molecule has 0 spiro atoms. The van der Waals surface area contributed by atoms with Gasteiger partial charge < -0.3 is 9.72 Å². The molecule has 7 heteroatoms. The first-order chi connectivity index (χ1) is 10.1. The third kappa shape index (κ3) is 2.62. The van der Waals surface area contributed by atoms with Crippen molar-refractivity contribution in [3.63, 3.8) is 0 Å². The molecule has 0 aromatic carbocycles. The highest BCUT2D eigenvalue weighted by atomic mass is 32.1. The van der Waals surface area contributed by atoms with E-state index in [0.717, 1.165) is 10.4 Å². The highest BCUT2D eigenvalue weighted by Gasteiger charge is 2.17. The lowest BCUT2D eigenvalue weighted by molar-refractivity contribution is -0.146. The number of ether oxygens (including phenoxy) is 1. The number of nitrogens with zero attached hydrogens (tertiary/aromatic N) is 1. The topological polar surface area (TPSA) is 72.0 Å². The van der Waals surface area contributed by atoms with Gasteiger partial charge in [-0.2, -0.15) is 0 Å². The normalized spacial score (nSPS) is 12.5. The molecule has 1 atom stereocenters. The van der Waals surface area contributed by atoms with Crippen molar-refractivity contribution in [3.8, 4) is 10.4 Å². The third-order valence-corrected chi connectivity index (χ3v) is 4.75. The molecule has 3 rings (SSSR count). The van der Waals surface area contributed by atoms with E-state index in [0.29, 0.717) is 16.0 Å². The molecule has 0 fully saturated rings. The van der Waals surface area contributed by atoms with Crippen molar-refractivity contribution in [2.45, 2.75) is 20.0 Å². The van der Waals surface area contributed by atoms with Gasteiger partial charge in [0.1, 0.15) is 4.83 Å². The Bertz CT molecular complexity index is 849. The summed E-state index contributed by atoms with van der Waals surface area (Å²) in [6.07, 6.45) is -0.577. The van der Waals surface area contributed by atoms with Crippen molar-refractivity contribution < 1.29 is 9.53 Å². The summed E-state index contributed by atoms with van der Waals surface area (Å²) in [5.74, 6) is -0.0435. The number of carbonyl (C=O) groups excluding carboxylic acids is 1. The standard InChI is InChI=1S/C14H12N2O3S2/c1-7(19-8(2)17)12-15-13(18)11-9(6-21-14(11)16-12)10-4-3-5-20-10/h3-7H,1-2H3,(H,15,16,18)/t7-/m0/s1. The van der Waals surface area contributed by atoms with Gasteiger partial charge in [0, 0.05) is 22.7 Å². The second-order valence-electron chi connectivity index (χ2n) is 4.51. The lowest BCUT2D eigenvalue weighted by Gasteiger charge is -2.10. The zero-order valence-electron chi connectivity index (χ0n) is 11.4. The van der Waals surface area contributed by atoms with Gasteiger partial charge in [0.15, 0.2) is 11.9 Å². The summed E-state index contributed by atoms with van der Waals surface area (Å²) in [5, 5.41) is 4.48. The Morgan fingerprint density at radius 2 is 2.24 bits per heavy atom. The first-order valence-electron chi connectivity index (χ1n) is 6.28. The minimum Gasteiger partial charge on any atom is -0.455 e. The van der Waals surface area contributed by atoms with Gasteiger partial charge in [-0.1, -0.05) is 6.07 Å². The Hall–Kier alpha value is -1.99. The molecular weight excluding hydrogens is 308 g/mol. The third-order valence-electron chi connectivity index (χ3n) is 2.98. The van der Waals surface area contributed by atoms with Gasteiger partial charge in [0.25, 0.3) is 5.56 Å². The predicted molar refractivity (Wildman–Crippen MR) is 83.7 cm³/mol. The molecule has 3 aromatic rings. The Labute approximate surface area is 128 Å². The number of nitrogens with one attached hydrogen (secondary N) is 1. The van der Waals surface area contributed by atoms with Crippen LogP contribution in [-0.2, 0) is 9.53 Å². The molecule has 108 valence electrons. The van der Waals surface area contributed by atoms with E-state index in [1.165, 1.54) is 18.3 Å². The van der Waals surface area contributed by atoms with Crippen LogP contribution in [0.15, 0.2) is 27.7 Å². The molecule has 0 bridgehead atoms. The average Bonchev–Trinajstić information content (AvgIpc) is 3.05. The molecule has 3 aromatic heterocycles. The predicted octanol–water partition coefficient (Wildman–Crippen LogP) is 3.34. The molecule has 5 nitrogen and oxygen atoms in total. The fourth-order valence-corrected chi connectivity index (χ4v) is 3.85. The van der Waals surface area contributed by atoms with Crippen LogP contribution in [0.4, 0.5) is 0 Å². The van der Waals surface area contributed by atoms with Crippen molar-refractivity contribution in [2.75, 3.05) is 0 Å². The van der Waals surface area contributed by atoms with E-state index >= 15 is 0 Å². The zero-order chi connectivity index (χ0) is 15.0. The van der Waals surface area contributed by atoms with Crippen LogP contribution in [0.25, 0.3) is 20.7 Å². The van der Waals surface area contributed by atoms with Crippen LogP contribution in [0.3, 0.4) is 0 Å². The average molecular weight is 320 g/mol. The van der Waals surface area contributed by atoms with Gasteiger partial charge in [0.2, 0.25) is 0 Å². The van der Waals surface area contributed by atoms with Crippen LogP contribution in [-0.4, -0.2) is 15.9 Å². The van der Waals surface area contributed by atoms with Crippen LogP contribution in [0.2, 0.25) is 0 Å². The van der Waals surface area contributed by atoms with Crippen LogP contribution in [0.5, 0.6) is 0 Å². The first-order valence-corrected chi connectivity index (χ1v) is 8.04.